The summed E-state index contributed by atoms with van der Waals surface area (Å²) in [5.41, 5.74) is 2.34. The maximum atomic E-state index is 13.4. The van der Waals surface area contributed by atoms with E-state index in [0.29, 0.717) is 12.1 Å². The van der Waals surface area contributed by atoms with Gasteiger partial charge in [0.1, 0.15) is 0 Å². The van der Waals surface area contributed by atoms with Crippen molar-refractivity contribution in [3.63, 3.8) is 0 Å². The number of alkyl halides is 3. The largest absolute Gasteiger partial charge is 0.390 e. The van der Waals surface area contributed by atoms with Crippen LogP contribution in [0.1, 0.15) is 24.5 Å². The lowest BCUT2D eigenvalue weighted by Gasteiger charge is -2.44. The molecule has 0 radical (unpaired) electrons. The van der Waals surface area contributed by atoms with Crippen LogP contribution in [0.3, 0.4) is 0 Å². The number of fused-ring (bicyclic) bond motifs is 1. The molecule has 0 amide bonds. The summed E-state index contributed by atoms with van der Waals surface area (Å²) in [4.78, 5) is 1.91. The highest BCUT2D eigenvalue weighted by Crippen LogP contribution is 2.53. The average Bonchev–Trinajstić information content (AvgIpc) is 2.53. The molecule has 0 saturated carbocycles. The summed E-state index contributed by atoms with van der Waals surface area (Å²) in [6.45, 7) is 2.01. The van der Waals surface area contributed by atoms with E-state index < -0.39 is 18.0 Å². The molecule has 5 heteroatoms. The van der Waals surface area contributed by atoms with Crippen LogP contribution in [0.4, 0.5) is 18.9 Å². The Balaban J connectivity index is 2.26. The molecule has 1 atom stereocenters. The van der Waals surface area contributed by atoms with Crippen LogP contribution < -0.4 is 4.90 Å². The van der Waals surface area contributed by atoms with Crippen molar-refractivity contribution in [3.8, 4) is 0 Å². The number of para-hydroxylation sites is 1. The maximum absolute atomic E-state index is 13.4. The first kappa shape index (κ1) is 18.1. The van der Waals surface area contributed by atoms with Crippen LogP contribution in [0.15, 0.2) is 54.6 Å². The van der Waals surface area contributed by atoms with E-state index >= 15 is 0 Å². The molecule has 0 N–H and O–H groups in total. The lowest BCUT2D eigenvalue weighted by atomic mass is 9.71. The van der Waals surface area contributed by atoms with E-state index in [9.17, 15) is 13.2 Å². The van der Waals surface area contributed by atoms with Crippen molar-refractivity contribution in [3.05, 3.63) is 65.7 Å². The first-order valence-electron chi connectivity index (χ1n) is 8.04. The zero-order valence-electron chi connectivity index (χ0n) is 14.1. The normalized spacial score (nSPS) is 22.6. The molecule has 0 aromatic heterocycles. The molecule has 0 bridgehead atoms. The lowest BCUT2D eigenvalue weighted by Crippen LogP contribution is -2.42. The van der Waals surface area contributed by atoms with E-state index in [4.69, 9.17) is 0 Å². The van der Waals surface area contributed by atoms with Gasteiger partial charge in [-0.3, -0.25) is 0 Å². The molecule has 25 heavy (non-hydrogen) atoms. The molecule has 0 aliphatic carbocycles. The molecule has 2 aromatic carbocycles. The van der Waals surface area contributed by atoms with Crippen LogP contribution in [0, 0.1) is 5.41 Å². The minimum atomic E-state index is -4.24. The van der Waals surface area contributed by atoms with Gasteiger partial charge in [-0.15, -0.1) is 0 Å². The molecule has 0 fully saturated rings. The summed E-state index contributed by atoms with van der Waals surface area (Å²) in [6, 6.07) is 17.1. The van der Waals surface area contributed by atoms with Gasteiger partial charge in [0, 0.05) is 34.7 Å². The zero-order valence-corrected chi connectivity index (χ0v) is 15.7. The van der Waals surface area contributed by atoms with Gasteiger partial charge in [0.25, 0.3) is 0 Å². The second kappa shape index (κ2) is 6.52. The minimum absolute atomic E-state index is 0.306. The van der Waals surface area contributed by atoms with Crippen molar-refractivity contribution in [1.82, 2.24) is 0 Å². The van der Waals surface area contributed by atoms with Gasteiger partial charge in [0.05, 0.1) is 6.42 Å². The minimum Gasteiger partial charge on any atom is -0.373 e. The molecule has 0 spiro atoms. The van der Waals surface area contributed by atoms with E-state index in [2.05, 4.69) is 15.9 Å². The summed E-state index contributed by atoms with van der Waals surface area (Å²) >= 11 is 3.61. The Bertz CT molecular complexity index is 798. The Kier molecular flexibility index (Phi) is 4.71. The Labute approximate surface area is 154 Å². The predicted octanol–water partition coefficient (Wildman–Crippen LogP) is 6.36. The van der Waals surface area contributed by atoms with Crippen LogP contribution >= 0.6 is 15.9 Å². The second-order valence-corrected chi connectivity index (χ2v) is 7.57. The van der Waals surface area contributed by atoms with E-state index in [1.54, 1.807) is 6.92 Å². The third kappa shape index (κ3) is 3.61. The van der Waals surface area contributed by atoms with Gasteiger partial charge in [0.2, 0.25) is 0 Å². The fourth-order valence-corrected chi connectivity index (χ4v) is 4.69. The van der Waals surface area contributed by atoms with E-state index in [1.165, 1.54) is 0 Å². The summed E-state index contributed by atoms with van der Waals surface area (Å²) < 4.78 is 40.8. The maximum Gasteiger partial charge on any atom is 0.390 e. The third-order valence-electron chi connectivity index (χ3n) is 4.61. The highest BCUT2D eigenvalue weighted by molar-refractivity contribution is 9.15. The molecule has 0 saturated heterocycles. The SMILES string of the molecule is CN1CC(C)(CC(F)(F)F)/C(=C(\Br)c2ccccc2)c2ccccc21. The summed E-state index contributed by atoms with van der Waals surface area (Å²) in [5, 5.41) is 0. The molecule has 2 aromatic rings. The van der Waals surface area contributed by atoms with Crippen LogP contribution in [-0.4, -0.2) is 19.8 Å². The molecule has 3 rings (SSSR count). The fourth-order valence-electron chi connectivity index (χ4n) is 3.73. The first-order valence-corrected chi connectivity index (χ1v) is 8.83. The molecular formula is C20H19BrF3N. The topological polar surface area (TPSA) is 3.24 Å². The third-order valence-corrected chi connectivity index (χ3v) is 5.47. The van der Waals surface area contributed by atoms with Crippen LogP contribution in [0.2, 0.25) is 0 Å². The molecule has 1 aliphatic heterocycles. The Morgan fingerprint density at radius 3 is 2.32 bits per heavy atom. The van der Waals surface area contributed by atoms with Crippen LogP contribution in [0.5, 0.6) is 0 Å². The molecule has 1 nitrogen and oxygen atoms in total. The van der Waals surface area contributed by atoms with Gasteiger partial charge >= 0.3 is 6.18 Å². The molecule has 1 unspecified atom stereocenters. The number of benzene rings is 2. The van der Waals surface area contributed by atoms with Gasteiger partial charge in [-0.05, 0) is 33.1 Å². The van der Waals surface area contributed by atoms with E-state index in [1.807, 2.05) is 66.5 Å². The standard InChI is InChI=1S/C20H19BrF3N/c1-19(12-20(22,23)24)13-25(2)16-11-7-6-10-15(16)17(19)18(21)14-8-4-3-5-9-14/h3-11H,12-13H2,1-2H3/b18-17-. The van der Waals surface area contributed by atoms with Gasteiger partial charge in [-0.25, -0.2) is 0 Å². The monoisotopic (exact) mass is 409 g/mol. The number of nitrogens with zero attached hydrogens (tertiary/aromatic N) is 1. The number of halogens is 4. The van der Waals surface area contributed by atoms with Crippen molar-refractivity contribution in [2.75, 3.05) is 18.5 Å². The highest BCUT2D eigenvalue weighted by Gasteiger charge is 2.46. The van der Waals surface area contributed by atoms with E-state index in [-0.39, 0.29) is 0 Å². The number of hydrogen-bond donors (Lipinski definition) is 0. The summed E-state index contributed by atoms with van der Waals surface area (Å²) in [7, 11) is 1.85. The van der Waals surface area contributed by atoms with Crippen molar-refractivity contribution < 1.29 is 13.2 Å². The number of rotatable bonds is 2. The van der Waals surface area contributed by atoms with Crippen LogP contribution in [-0.2, 0) is 0 Å². The smallest absolute Gasteiger partial charge is 0.373 e. The van der Waals surface area contributed by atoms with Gasteiger partial charge < -0.3 is 4.90 Å². The molecule has 1 heterocycles. The number of hydrogen-bond acceptors (Lipinski definition) is 1. The second-order valence-electron chi connectivity index (χ2n) is 6.78. The fraction of sp³-hybridized carbons (Fsp3) is 0.300. The highest BCUT2D eigenvalue weighted by atomic mass is 79.9. The summed E-state index contributed by atoms with van der Waals surface area (Å²) in [5.74, 6) is 0. The summed E-state index contributed by atoms with van der Waals surface area (Å²) in [6.07, 6.45) is -5.10. The van der Waals surface area contributed by atoms with Gasteiger partial charge in [-0.2, -0.15) is 13.2 Å². The van der Waals surface area contributed by atoms with Gasteiger partial charge in [-0.1, -0.05) is 55.5 Å². The van der Waals surface area contributed by atoms with Crippen molar-refractivity contribution in [2.24, 2.45) is 5.41 Å². The lowest BCUT2D eigenvalue weighted by molar-refractivity contribution is -0.149. The first-order chi connectivity index (χ1) is 11.7. The molecular weight excluding hydrogens is 391 g/mol. The zero-order chi connectivity index (χ0) is 18.2. The average molecular weight is 410 g/mol. The molecule has 1 aliphatic rings. The Morgan fingerprint density at radius 1 is 1.08 bits per heavy atom. The predicted molar refractivity (Wildman–Crippen MR) is 101 cm³/mol. The van der Waals surface area contributed by atoms with Gasteiger partial charge in [0.15, 0.2) is 0 Å². The van der Waals surface area contributed by atoms with Crippen molar-refractivity contribution in [1.29, 1.82) is 0 Å². The van der Waals surface area contributed by atoms with Crippen LogP contribution in [0.25, 0.3) is 10.1 Å². The quantitative estimate of drug-likeness (QED) is 0.557. The Hall–Kier alpha value is -1.75. The van der Waals surface area contributed by atoms with Crippen molar-refractivity contribution in [2.45, 2.75) is 19.5 Å². The van der Waals surface area contributed by atoms with Crippen molar-refractivity contribution >= 4 is 31.7 Å². The number of anilines is 1. The molecule has 132 valence electrons. The van der Waals surface area contributed by atoms with E-state index in [0.717, 1.165) is 21.3 Å². The Morgan fingerprint density at radius 2 is 1.68 bits per heavy atom.